The van der Waals surface area contributed by atoms with E-state index in [9.17, 15) is 19.3 Å². The standard InChI is InChI=1S/C28H33F2N4O8P/c1-18(2)31-23-14-15-34(27(37)32-23)26-28(29,30)24(35)22(41-26)17-40-43(38,42-21-12-8-5-9-13-21)33-19(3)25(36)39-16-20-10-6-4-7-11-20/h4-15,18-19,22,24,26,35H,16-17H2,1-3H3,(H,33,38)(H,31,32,37)/t19?,22-,24-,26?,43?/m1/s1. The quantitative estimate of drug-likeness (QED) is 0.188. The molecule has 3 aromatic rings. The van der Waals surface area contributed by atoms with Gasteiger partial charge in [-0.05, 0) is 44.5 Å². The number of hydrogen-bond acceptors (Lipinski definition) is 10. The molecule has 1 aliphatic rings. The van der Waals surface area contributed by atoms with E-state index < -0.39 is 56.4 Å². The number of aliphatic hydroxyl groups is 1. The summed E-state index contributed by atoms with van der Waals surface area (Å²) >= 11 is 0. The average molecular weight is 623 g/mol. The fourth-order valence-electron chi connectivity index (χ4n) is 4.10. The number of benzene rings is 2. The van der Waals surface area contributed by atoms with Gasteiger partial charge >= 0.3 is 25.3 Å². The number of esters is 1. The van der Waals surface area contributed by atoms with Crippen molar-refractivity contribution in [3.05, 3.63) is 89.0 Å². The molecule has 15 heteroatoms. The number of ether oxygens (including phenoxy) is 2. The van der Waals surface area contributed by atoms with Crippen LogP contribution in [0.15, 0.2) is 77.7 Å². The number of anilines is 1. The Morgan fingerprint density at radius 1 is 1.12 bits per heavy atom. The van der Waals surface area contributed by atoms with E-state index in [1.54, 1.807) is 42.5 Å². The molecule has 1 fully saturated rings. The number of alkyl halides is 2. The highest BCUT2D eigenvalue weighted by Gasteiger charge is 2.60. The first-order valence-electron chi connectivity index (χ1n) is 13.4. The molecule has 1 aromatic heterocycles. The van der Waals surface area contributed by atoms with Crippen molar-refractivity contribution in [2.24, 2.45) is 0 Å². The maximum absolute atomic E-state index is 15.1. The Bertz CT molecular complexity index is 1480. The Morgan fingerprint density at radius 3 is 2.40 bits per heavy atom. The van der Waals surface area contributed by atoms with Crippen LogP contribution in [0.1, 0.15) is 32.6 Å². The number of carbonyl (C=O) groups is 1. The Kier molecular flexibility index (Phi) is 10.3. The van der Waals surface area contributed by atoms with Gasteiger partial charge in [-0.1, -0.05) is 48.5 Å². The average Bonchev–Trinajstić information content (AvgIpc) is 3.19. The van der Waals surface area contributed by atoms with Crippen molar-refractivity contribution in [3.63, 3.8) is 0 Å². The summed E-state index contributed by atoms with van der Waals surface area (Å²) in [6, 6.07) is 16.7. The van der Waals surface area contributed by atoms with E-state index >= 15 is 8.78 Å². The van der Waals surface area contributed by atoms with Gasteiger partial charge in [-0.3, -0.25) is 13.9 Å². The molecule has 5 atom stereocenters. The Hall–Kier alpha value is -3.68. The summed E-state index contributed by atoms with van der Waals surface area (Å²) in [7, 11) is -4.47. The van der Waals surface area contributed by atoms with Gasteiger partial charge in [0.25, 0.3) is 0 Å². The van der Waals surface area contributed by atoms with Crippen LogP contribution in [0.5, 0.6) is 5.75 Å². The SMILES string of the molecule is CC(C)Nc1ccn(C2O[C@H](COP(=O)(NC(C)C(=O)OCc3ccccc3)Oc3ccccc3)[C@@H](O)C2(F)F)c(=O)n1. The number of aliphatic hydroxyl groups excluding tert-OH is 1. The van der Waals surface area contributed by atoms with Crippen LogP contribution in [0.25, 0.3) is 0 Å². The lowest BCUT2D eigenvalue weighted by Gasteiger charge is -2.24. The van der Waals surface area contributed by atoms with Crippen LogP contribution in [-0.2, 0) is 30.0 Å². The zero-order valence-corrected chi connectivity index (χ0v) is 24.5. The largest absolute Gasteiger partial charge is 0.460 e. The summed E-state index contributed by atoms with van der Waals surface area (Å²) in [5.74, 6) is -4.46. The maximum Gasteiger partial charge on any atom is 0.459 e. The lowest BCUT2D eigenvalue weighted by molar-refractivity contribution is -0.146. The first-order valence-corrected chi connectivity index (χ1v) is 15.0. The summed E-state index contributed by atoms with van der Waals surface area (Å²) in [4.78, 5) is 28.9. The minimum atomic E-state index is -4.47. The minimum Gasteiger partial charge on any atom is -0.460 e. The second kappa shape index (κ2) is 13.7. The number of hydrogen-bond donors (Lipinski definition) is 3. The van der Waals surface area contributed by atoms with Gasteiger partial charge in [0.1, 0.15) is 30.3 Å². The van der Waals surface area contributed by atoms with Gasteiger partial charge in [0.05, 0.1) is 6.61 Å². The topological polar surface area (TPSA) is 150 Å². The third-order valence-corrected chi connectivity index (χ3v) is 7.85. The molecule has 0 bridgehead atoms. The molecule has 43 heavy (non-hydrogen) atoms. The summed E-state index contributed by atoms with van der Waals surface area (Å²) in [5.41, 5.74) is -0.308. The molecule has 0 aliphatic carbocycles. The molecule has 12 nitrogen and oxygen atoms in total. The summed E-state index contributed by atoms with van der Waals surface area (Å²) in [5, 5.41) is 15.8. The lowest BCUT2D eigenvalue weighted by atomic mass is 10.1. The third kappa shape index (κ3) is 8.24. The second-order valence-electron chi connectivity index (χ2n) is 10.1. The third-order valence-electron chi connectivity index (χ3n) is 6.21. The van der Waals surface area contributed by atoms with Crippen molar-refractivity contribution >= 4 is 19.5 Å². The molecule has 4 rings (SSSR count). The van der Waals surface area contributed by atoms with E-state index in [0.29, 0.717) is 4.57 Å². The molecule has 1 aliphatic heterocycles. The van der Waals surface area contributed by atoms with E-state index in [0.717, 1.165) is 11.8 Å². The lowest BCUT2D eigenvalue weighted by Crippen LogP contribution is -2.42. The van der Waals surface area contributed by atoms with Gasteiger partial charge in [-0.25, -0.2) is 9.36 Å². The van der Waals surface area contributed by atoms with Crippen molar-refractivity contribution in [3.8, 4) is 5.75 Å². The zero-order chi connectivity index (χ0) is 31.2. The van der Waals surface area contributed by atoms with Gasteiger partial charge in [-0.2, -0.15) is 18.9 Å². The highest BCUT2D eigenvalue weighted by molar-refractivity contribution is 7.52. The Labute approximate surface area is 246 Å². The molecule has 2 aromatic carbocycles. The Balaban J connectivity index is 1.47. The van der Waals surface area contributed by atoms with Crippen LogP contribution in [0.2, 0.25) is 0 Å². The molecule has 0 radical (unpaired) electrons. The molecule has 3 N–H and O–H groups in total. The second-order valence-corrected chi connectivity index (χ2v) is 11.8. The number of halogens is 2. The van der Waals surface area contributed by atoms with Gasteiger partial charge in [0, 0.05) is 12.2 Å². The van der Waals surface area contributed by atoms with E-state index in [-0.39, 0.29) is 24.2 Å². The fourth-order valence-corrected chi connectivity index (χ4v) is 5.60. The number of rotatable bonds is 13. The van der Waals surface area contributed by atoms with Crippen molar-refractivity contribution < 1.29 is 41.8 Å². The van der Waals surface area contributed by atoms with E-state index in [1.165, 1.54) is 25.1 Å². The van der Waals surface area contributed by atoms with E-state index in [1.807, 2.05) is 19.9 Å². The van der Waals surface area contributed by atoms with Gasteiger partial charge in [0.15, 0.2) is 6.10 Å². The van der Waals surface area contributed by atoms with Crippen LogP contribution >= 0.6 is 7.75 Å². The normalized spacial score (nSPS) is 21.6. The van der Waals surface area contributed by atoms with Gasteiger partial charge < -0.3 is 24.4 Å². The zero-order valence-electron chi connectivity index (χ0n) is 23.6. The number of aromatic nitrogens is 2. The highest BCUT2D eigenvalue weighted by Crippen LogP contribution is 2.48. The van der Waals surface area contributed by atoms with Crippen molar-refractivity contribution in [1.29, 1.82) is 0 Å². The van der Waals surface area contributed by atoms with E-state index in [2.05, 4.69) is 15.4 Å². The molecule has 1 saturated heterocycles. The maximum atomic E-state index is 15.1. The van der Waals surface area contributed by atoms with Gasteiger partial charge in [-0.15, -0.1) is 0 Å². The molecule has 2 heterocycles. The van der Waals surface area contributed by atoms with Crippen molar-refractivity contribution in [2.75, 3.05) is 11.9 Å². The fraction of sp³-hybridized carbons (Fsp3) is 0.393. The number of nitrogens with one attached hydrogen (secondary N) is 2. The molecule has 0 spiro atoms. The summed E-state index contributed by atoms with van der Waals surface area (Å²) < 4.78 is 66.1. The minimum absolute atomic E-state index is 0.0439. The molecular formula is C28H33F2N4O8P. The molecule has 232 valence electrons. The van der Waals surface area contributed by atoms with Crippen LogP contribution in [0.3, 0.4) is 0 Å². The van der Waals surface area contributed by atoms with E-state index in [4.69, 9.17) is 18.5 Å². The van der Waals surface area contributed by atoms with Gasteiger partial charge in [0.2, 0.25) is 6.23 Å². The smallest absolute Gasteiger partial charge is 0.459 e. The number of carbonyl (C=O) groups excluding carboxylic acids is 1. The monoisotopic (exact) mass is 622 g/mol. The summed E-state index contributed by atoms with van der Waals surface area (Å²) in [6.45, 7) is 4.08. The molecule has 0 amide bonds. The molecule has 3 unspecified atom stereocenters. The van der Waals surface area contributed by atoms with Crippen LogP contribution < -0.4 is 20.6 Å². The molecular weight excluding hydrogens is 589 g/mol. The van der Waals surface area contributed by atoms with Crippen LogP contribution in [0.4, 0.5) is 14.6 Å². The predicted molar refractivity (Wildman–Crippen MR) is 152 cm³/mol. The predicted octanol–water partition coefficient (Wildman–Crippen LogP) is 3.88. The first-order chi connectivity index (χ1) is 20.4. The summed E-state index contributed by atoms with van der Waals surface area (Å²) in [6.07, 6.45) is -5.34. The first kappa shape index (κ1) is 32.2. The number of nitrogens with zero attached hydrogens (tertiary/aromatic N) is 2. The van der Waals surface area contributed by atoms with Crippen molar-refractivity contribution in [1.82, 2.24) is 14.6 Å². The molecule has 0 saturated carbocycles. The highest BCUT2D eigenvalue weighted by atomic mass is 31.2. The van der Waals surface area contributed by atoms with Crippen LogP contribution in [-0.4, -0.2) is 57.4 Å². The van der Waals surface area contributed by atoms with Crippen LogP contribution in [0, 0.1) is 0 Å². The Morgan fingerprint density at radius 2 is 1.77 bits per heavy atom. The van der Waals surface area contributed by atoms with Crippen molar-refractivity contribution in [2.45, 2.75) is 63.8 Å². The number of para-hydroxylation sites is 1.